The lowest BCUT2D eigenvalue weighted by Gasteiger charge is -2.07. The van der Waals surface area contributed by atoms with E-state index in [9.17, 15) is 0 Å². The molecule has 3 aromatic rings. The molecule has 0 atom stereocenters. The van der Waals surface area contributed by atoms with Gasteiger partial charge >= 0.3 is 0 Å². The maximum absolute atomic E-state index is 8.99. The van der Waals surface area contributed by atoms with Gasteiger partial charge in [-0.25, -0.2) is 0 Å². The van der Waals surface area contributed by atoms with Crippen LogP contribution in [-0.2, 0) is 19.3 Å². The monoisotopic (exact) mass is 721 g/mol. The number of allylic oxidation sites excluding steroid dienone is 4. The smallest absolute Gasteiger partial charge is 0.115 e. The van der Waals surface area contributed by atoms with Crippen LogP contribution in [0.5, 0.6) is 5.75 Å². The molecule has 0 spiro atoms. The number of nitrogens with one attached hydrogen (secondary N) is 1. The van der Waals surface area contributed by atoms with Gasteiger partial charge in [0, 0.05) is 24.0 Å². The molecule has 1 heterocycles. The zero-order chi connectivity index (χ0) is 39.6. The van der Waals surface area contributed by atoms with Gasteiger partial charge in [-0.05, 0) is 121 Å². The van der Waals surface area contributed by atoms with E-state index in [1.807, 2.05) is 25.3 Å². The summed E-state index contributed by atoms with van der Waals surface area (Å²) in [7, 11) is 0. The normalized spacial score (nSPS) is 12.5. The molecule has 0 fully saturated rings. The first kappa shape index (κ1) is 47.3. The molecule has 0 radical (unpaired) electrons. The fourth-order valence-corrected chi connectivity index (χ4v) is 6.09. The molecule has 2 N–H and O–H groups in total. The van der Waals surface area contributed by atoms with Gasteiger partial charge in [-0.3, -0.25) is 4.99 Å². The van der Waals surface area contributed by atoms with E-state index in [-0.39, 0.29) is 0 Å². The van der Waals surface area contributed by atoms with Crippen LogP contribution in [0.25, 0.3) is 5.57 Å². The zero-order valence-corrected chi connectivity index (χ0v) is 35.6. The van der Waals surface area contributed by atoms with Gasteiger partial charge in [-0.2, -0.15) is 0 Å². The molecule has 53 heavy (non-hydrogen) atoms. The third-order valence-electron chi connectivity index (χ3n) is 8.54. The quantitative estimate of drug-likeness (QED) is 0.134. The number of aromatic hydroxyl groups is 1. The van der Waals surface area contributed by atoms with Crippen molar-refractivity contribution in [1.82, 2.24) is 0 Å². The molecule has 1 aliphatic heterocycles. The van der Waals surface area contributed by atoms with Crippen molar-refractivity contribution in [3.05, 3.63) is 119 Å². The Morgan fingerprint density at radius 1 is 0.623 bits per heavy atom. The summed E-state index contributed by atoms with van der Waals surface area (Å²) in [5.74, 6) is 4.12. The molecular formula is C50H76N2O. The van der Waals surface area contributed by atoms with Gasteiger partial charge in [-0.15, -0.1) is 0 Å². The van der Waals surface area contributed by atoms with Crippen LogP contribution < -0.4 is 0 Å². The van der Waals surface area contributed by atoms with Crippen LogP contribution in [0, 0.1) is 35.0 Å². The van der Waals surface area contributed by atoms with E-state index in [0.717, 1.165) is 61.5 Å². The lowest BCUT2D eigenvalue weighted by Crippen LogP contribution is -1.92. The van der Waals surface area contributed by atoms with Crippen molar-refractivity contribution in [3.8, 4) is 5.75 Å². The second-order valence-electron chi connectivity index (χ2n) is 16.8. The molecule has 3 heteroatoms. The van der Waals surface area contributed by atoms with E-state index in [1.54, 1.807) is 17.7 Å². The average molecular weight is 721 g/mol. The first-order valence-electron chi connectivity index (χ1n) is 20.5. The summed E-state index contributed by atoms with van der Waals surface area (Å²) in [4.78, 5) is 4.21. The number of phenolic OH excluding ortho intramolecular Hbond substituents is 1. The molecule has 0 aromatic heterocycles. The maximum atomic E-state index is 8.99. The van der Waals surface area contributed by atoms with Gasteiger partial charge in [0.2, 0.25) is 0 Å². The fraction of sp³-hybridized carbons (Fsp3) is 0.520. The van der Waals surface area contributed by atoms with Crippen molar-refractivity contribution in [2.45, 2.75) is 140 Å². The van der Waals surface area contributed by atoms with Crippen molar-refractivity contribution in [3.63, 3.8) is 0 Å². The zero-order valence-electron chi connectivity index (χ0n) is 35.6. The Labute approximate surface area is 326 Å². The second kappa shape index (κ2) is 27.8. The molecule has 0 amide bonds. The minimum atomic E-state index is 0.345. The van der Waals surface area contributed by atoms with Crippen molar-refractivity contribution in [2.24, 2.45) is 34.6 Å². The largest absolute Gasteiger partial charge is 0.508 e. The van der Waals surface area contributed by atoms with E-state index in [4.69, 9.17) is 10.5 Å². The lowest BCUT2D eigenvalue weighted by molar-refractivity contribution is 0.475. The number of nitrogens with zero attached hydrogens (tertiary/aromatic N) is 1. The van der Waals surface area contributed by atoms with Crippen LogP contribution in [0.2, 0.25) is 0 Å². The highest BCUT2D eigenvalue weighted by Gasteiger charge is 2.13. The number of hydrogen-bond donors (Lipinski definition) is 2. The Morgan fingerprint density at radius 2 is 1.17 bits per heavy atom. The number of aliphatic imine (C=N–C) groups is 1. The number of phenols is 1. The molecule has 0 saturated heterocycles. The van der Waals surface area contributed by atoms with Crippen LogP contribution in [0.3, 0.4) is 0 Å². The number of rotatable bonds is 13. The molecule has 5 rings (SSSR count). The van der Waals surface area contributed by atoms with Crippen LogP contribution in [0.15, 0.2) is 102 Å². The highest BCUT2D eigenvalue weighted by molar-refractivity contribution is 5.78. The van der Waals surface area contributed by atoms with Crippen LogP contribution in [-0.4, -0.2) is 17.0 Å². The van der Waals surface area contributed by atoms with Crippen LogP contribution >= 0.6 is 0 Å². The summed E-state index contributed by atoms with van der Waals surface area (Å²) < 4.78 is 0. The highest BCUT2D eigenvalue weighted by Crippen LogP contribution is 2.31. The second-order valence-corrected chi connectivity index (χ2v) is 16.8. The Hall–Kier alpha value is -3.72. The third kappa shape index (κ3) is 25.0. The van der Waals surface area contributed by atoms with Crippen LogP contribution in [0.1, 0.15) is 143 Å². The standard InChI is InChI=1S/C13H16.C10H14O.C10H14.C9H19N.C8H13N/c1-10(2)9-12-8-7-11-5-3-4-6-13(11)12;1-8(2)7-9-3-5-10(11)6-4-9;1-9(2)8-10-6-4-3-5-7-10;1-8(2)6-4-5-7-9(3)10;1-7(2)6-8-4-3-5-9-8/h3-6,8,10H,7,9H2,1-2H3;3-6,8,11H,7H2,1-2H3;3-7,9H,8H2,1-2H3;8,10H,4-7H2,1-3H3;4-5,7H,3,6H2,1-2H3. The van der Waals surface area contributed by atoms with Gasteiger partial charge in [0.15, 0.2) is 0 Å². The van der Waals surface area contributed by atoms with Gasteiger partial charge < -0.3 is 10.5 Å². The van der Waals surface area contributed by atoms with Crippen LogP contribution in [0.4, 0.5) is 0 Å². The van der Waals surface area contributed by atoms with Crippen molar-refractivity contribution < 1.29 is 5.11 Å². The van der Waals surface area contributed by atoms with Gasteiger partial charge in [0.25, 0.3) is 0 Å². The molecule has 3 aromatic carbocycles. The van der Waals surface area contributed by atoms with Crippen molar-refractivity contribution in [1.29, 1.82) is 5.41 Å². The number of benzene rings is 3. The predicted molar refractivity (Wildman–Crippen MR) is 237 cm³/mol. The maximum Gasteiger partial charge on any atom is 0.115 e. The van der Waals surface area contributed by atoms with Gasteiger partial charge in [0.1, 0.15) is 5.75 Å². The van der Waals surface area contributed by atoms with E-state index in [2.05, 4.69) is 141 Å². The number of unbranched alkanes of at least 4 members (excludes halogenated alkanes) is 1. The third-order valence-corrected chi connectivity index (χ3v) is 8.54. The molecule has 0 unspecified atom stereocenters. The summed E-state index contributed by atoms with van der Waals surface area (Å²) >= 11 is 0. The summed E-state index contributed by atoms with van der Waals surface area (Å²) in [5.41, 5.74) is 9.35. The van der Waals surface area contributed by atoms with Crippen molar-refractivity contribution in [2.75, 3.05) is 0 Å². The fourth-order valence-electron chi connectivity index (χ4n) is 6.09. The SMILES string of the molecule is CC(=N)CCCCC(C)C.CC(C)CC1=CCC=N1.CC(C)CC1=CCc2ccccc21.CC(C)Cc1ccc(O)cc1.CC(C)Cc1ccccc1. The van der Waals surface area contributed by atoms with Gasteiger partial charge in [-0.1, -0.05) is 161 Å². The minimum absolute atomic E-state index is 0.345. The number of fused-ring (bicyclic) bond motifs is 1. The Morgan fingerprint density at radius 3 is 1.68 bits per heavy atom. The van der Waals surface area contributed by atoms with E-state index in [1.165, 1.54) is 60.1 Å². The Kier molecular flexibility index (Phi) is 24.8. The average Bonchev–Trinajstić information content (AvgIpc) is 3.75. The molecule has 292 valence electrons. The summed E-state index contributed by atoms with van der Waals surface area (Å²) in [6, 6.07) is 26.8. The predicted octanol–water partition coefficient (Wildman–Crippen LogP) is 14.8. The minimum Gasteiger partial charge on any atom is -0.508 e. The van der Waals surface area contributed by atoms with Crippen molar-refractivity contribution >= 4 is 17.5 Å². The number of hydrogen-bond acceptors (Lipinski definition) is 3. The first-order chi connectivity index (χ1) is 25.2. The van der Waals surface area contributed by atoms with E-state index in [0.29, 0.717) is 11.7 Å². The molecule has 0 bridgehead atoms. The lowest BCUT2D eigenvalue weighted by atomic mass is 9.98. The Balaban J connectivity index is 0.000000333. The highest BCUT2D eigenvalue weighted by atomic mass is 16.3. The molecule has 1 aliphatic carbocycles. The van der Waals surface area contributed by atoms with E-state index >= 15 is 0 Å². The molecule has 0 saturated carbocycles. The molecular weight excluding hydrogens is 645 g/mol. The summed E-state index contributed by atoms with van der Waals surface area (Å²) in [6.07, 6.45) is 18.2. The molecule has 2 aliphatic rings. The summed E-state index contributed by atoms with van der Waals surface area (Å²) in [6.45, 7) is 24.2. The first-order valence-corrected chi connectivity index (χ1v) is 20.5. The topological polar surface area (TPSA) is 56.4 Å². The van der Waals surface area contributed by atoms with E-state index < -0.39 is 0 Å². The van der Waals surface area contributed by atoms with Gasteiger partial charge in [0.05, 0.1) is 0 Å². The Bertz CT molecular complexity index is 1470. The molecule has 3 nitrogen and oxygen atoms in total. The summed E-state index contributed by atoms with van der Waals surface area (Å²) in [5, 5.41) is 16.2.